The third-order valence-electron chi connectivity index (χ3n) is 6.51. The lowest BCUT2D eigenvalue weighted by Gasteiger charge is -2.42. The third-order valence-corrected chi connectivity index (χ3v) is 6.51. The monoisotopic (exact) mass is 401 g/mol. The first kappa shape index (κ1) is 21.6. The molecule has 1 atom stereocenters. The largest absolute Gasteiger partial charge is 0.496 e. The molecule has 0 spiro atoms. The van der Waals surface area contributed by atoms with Crippen molar-refractivity contribution >= 4 is 11.8 Å². The van der Waals surface area contributed by atoms with Gasteiger partial charge >= 0.3 is 0 Å². The first-order valence-corrected chi connectivity index (χ1v) is 11.1. The minimum absolute atomic E-state index is 0.00888. The first-order chi connectivity index (χ1) is 14.1. The van der Waals surface area contributed by atoms with E-state index in [2.05, 4.69) is 18.7 Å². The number of rotatable bonds is 7. The van der Waals surface area contributed by atoms with Crippen molar-refractivity contribution in [2.75, 3.05) is 46.4 Å². The Bertz CT molecular complexity index is 690. The highest BCUT2D eigenvalue weighted by molar-refractivity contribution is 5.97. The quantitative estimate of drug-likeness (QED) is 0.705. The van der Waals surface area contributed by atoms with Crippen LogP contribution in [0.25, 0.3) is 0 Å². The number of hydrogen-bond donors (Lipinski definition) is 0. The van der Waals surface area contributed by atoms with Gasteiger partial charge in [0, 0.05) is 39.3 Å². The lowest BCUT2D eigenvalue weighted by molar-refractivity contribution is -0.139. The van der Waals surface area contributed by atoms with Gasteiger partial charge < -0.3 is 14.5 Å². The molecule has 160 valence electrons. The highest BCUT2D eigenvalue weighted by Crippen LogP contribution is 2.32. The molecule has 1 heterocycles. The fourth-order valence-electron chi connectivity index (χ4n) is 4.85. The summed E-state index contributed by atoms with van der Waals surface area (Å²) in [5.74, 6) is 1.33. The smallest absolute Gasteiger partial charge is 0.257 e. The second-order valence-electron chi connectivity index (χ2n) is 8.03. The molecule has 3 rings (SSSR count). The molecular weight excluding hydrogens is 366 g/mol. The molecule has 2 aliphatic rings. The number of hydrogen-bond acceptors (Lipinski definition) is 4. The molecule has 1 aromatic carbocycles. The zero-order valence-corrected chi connectivity index (χ0v) is 18.1. The SMILES string of the molecule is CCN(CC)C(=O)C(C1CCCC1)N1CCN(C(=O)c2ccccc2OC)CC1. The normalized spacial score (nSPS) is 19.2. The van der Waals surface area contributed by atoms with E-state index in [1.54, 1.807) is 7.11 Å². The summed E-state index contributed by atoms with van der Waals surface area (Å²) in [4.78, 5) is 32.5. The van der Waals surface area contributed by atoms with E-state index in [0.717, 1.165) is 39.0 Å². The average molecular weight is 402 g/mol. The van der Waals surface area contributed by atoms with Gasteiger partial charge in [-0.05, 0) is 44.7 Å². The summed E-state index contributed by atoms with van der Waals surface area (Å²) < 4.78 is 5.36. The van der Waals surface area contributed by atoms with Crippen molar-refractivity contribution in [3.63, 3.8) is 0 Å². The van der Waals surface area contributed by atoms with E-state index in [0.29, 0.717) is 30.3 Å². The Balaban J connectivity index is 1.69. The van der Waals surface area contributed by atoms with Crippen molar-refractivity contribution < 1.29 is 14.3 Å². The average Bonchev–Trinajstić information content (AvgIpc) is 3.29. The van der Waals surface area contributed by atoms with E-state index in [-0.39, 0.29) is 17.9 Å². The molecule has 29 heavy (non-hydrogen) atoms. The number of nitrogens with zero attached hydrogens (tertiary/aromatic N) is 3. The van der Waals surface area contributed by atoms with Crippen LogP contribution in [0.15, 0.2) is 24.3 Å². The zero-order valence-electron chi connectivity index (χ0n) is 18.1. The van der Waals surface area contributed by atoms with Gasteiger partial charge in [0.05, 0.1) is 18.7 Å². The summed E-state index contributed by atoms with van der Waals surface area (Å²) >= 11 is 0. The Labute approximate surface area is 174 Å². The van der Waals surface area contributed by atoms with Gasteiger partial charge in [-0.3, -0.25) is 14.5 Å². The molecule has 0 bridgehead atoms. The molecule has 2 fully saturated rings. The van der Waals surface area contributed by atoms with Crippen LogP contribution in [0.2, 0.25) is 0 Å². The number of likely N-dealkylation sites (N-methyl/N-ethyl adjacent to an activating group) is 1. The van der Waals surface area contributed by atoms with Crippen LogP contribution < -0.4 is 4.74 Å². The predicted octanol–water partition coefficient (Wildman–Crippen LogP) is 2.88. The van der Waals surface area contributed by atoms with E-state index < -0.39 is 0 Å². The Morgan fingerprint density at radius 2 is 1.69 bits per heavy atom. The van der Waals surface area contributed by atoms with Crippen molar-refractivity contribution in [3.05, 3.63) is 29.8 Å². The van der Waals surface area contributed by atoms with Crippen LogP contribution in [0.4, 0.5) is 0 Å². The van der Waals surface area contributed by atoms with E-state index in [1.165, 1.54) is 12.8 Å². The Kier molecular flexibility index (Phi) is 7.53. The van der Waals surface area contributed by atoms with Gasteiger partial charge in [-0.25, -0.2) is 0 Å². The Morgan fingerprint density at radius 1 is 1.07 bits per heavy atom. The molecule has 1 aliphatic heterocycles. The zero-order chi connectivity index (χ0) is 20.8. The summed E-state index contributed by atoms with van der Waals surface area (Å²) in [7, 11) is 1.59. The topological polar surface area (TPSA) is 53.1 Å². The molecular formula is C23H35N3O3. The maximum atomic E-state index is 13.3. The molecule has 6 heteroatoms. The Morgan fingerprint density at radius 3 is 2.28 bits per heavy atom. The number of piperazine rings is 1. The molecule has 0 N–H and O–H groups in total. The molecule has 2 amide bonds. The van der Waals surface area contributed by atoms with E-state index in [4.69, 9.17) is 4.74 Å². The van der Waals surface area contributed by atoms with Crippen molar-refractivity contribution in [3.8, 4) is 5.75 Å². The van der Waals surface area contributed by atoms with Gasteiger partial charge in [0.25, 0.3) is 5.91 Å². The van der Waals surface area contributed by atoms with Gasteiger partial charge in [-0.15, -0.1) is 0 Å². The second kappa shape index (κ2) is 10.1. The van der Waals surface area contributed by atoms with Crippen molar-refractivity contribution in [2.45, 2.75) is 45.6 Å². The maximum absolute atomic E-state index is 13.3. The Hall–Kier alpha value is -2.08. The number of para-hydroxylation sites is 1. The lowest BCUT2D eigenvalue weighted by Crippen LogP contribution is -2.58. The summed E-state index contributed by atoms with van der Waals surface area (Å²) in [5.41, 5.74) is 0.606. The molecule has 6 nitrogen and oxygen atoms in total. The van der Waals surface area contributed by atoms with Crippen LogP contribution in [-0.4, -0.2) is 78.9 Å². The summed E-state index contributed by atoms with van der Waals surface area (Å²) in [6, 6.07) is 7.34. The van der Waals surface area contributed by atoms with E-state index >= 15 is 0 Å². The number of benzene rings is 1. The molecule has 1 aliphatic carbocycles. The van der Waals surface area contributed by atoms with Crippen LogP contribution >= 0.6 is 0 Å². The number of carbonyl (C=O) groups excluding carboxylic acids is 2. The van der Waals surface area contributed by atoms with Crippen molar-refractivity contribution in [2.24, 2.45) is 5.92 Å². The molecule has 1 unspecified atom stereocenters. The summed E-state index contributed by atoms with van der Waals surface area (Å²) in [5, 5.41) is 0. The van der Waals surface area contributed by atoms with Crippen LogP contribution in [0.3, 0.4) is 0 Å². The highest BCUT2D eigenvalue weighted by atomic mass is 16.5. The van der Waals surface area contributed by atoms with Gasteiger partial charge in [0.2, 0.25) is 5.91 Å². The van der Waals surface area contributed by atoms with Crippen LogP contribution in [0.5, 0.6) is 5.75 Å². The highest BCUT2D eigenvalue weighted by Gasteiger charge is 2.39. The second-order valence-corrected chi connectivity index (χ2v) is 8.03. The third kappa shape index (κ3) is 4.74. The molecule has 1 saturated carbocycles. The minimum atomic E-state index is -0.0408. The lowest BCUT2D eigenvalue weighted by atomic mass is 9.94. The van der Waals surface area contributed by atoms with E-state index in [1.807, 2.05) is 34.1 Å². The number of methoxy groups -OCH3 is 1. The number of carbonyl (C=O) groups is 2. The number of ether oxygens (including phenoxy) is 1. The number of amides is 2. The molecule has 0 radical (unpaired) electrons. The molecule has 1 saturated heterocycles. The van der Waals surface area contributed by atoms with E-state index in [9.17, 15) is 9.59 Å². The van der Waals surface area contributed by atoms with Crippen LogP contribution in [-0.2, 0) is 4.79 Å². The van der Waals surface area contributed by atoms with Gasteiger partial charge in [0.1, 0.15) is 5.75 Å². The standard InChI is InChI=1S/C23H35N3O3/c1-4-24(5-2)23(28)21(18-10-6-7-11-18)25-14-16-26(17-15-25)22(27)19-12-8-9-13-20(19)29-3/h8-9,12-13,18,21H,4-7,10-11,14-17H2,1-3H3. The van der Waals surface area contributed by atoms with Crippen LogP contribution in [0.1, 0.15) is 49.9 Å². The fraction of sp³-hybridized carbons (Fsp3) is 0.652. The predicted molar refractivity (Wildman–Crippen MR) is 114 cm³/mol. The summed E-state index contributed by atoms with van der Waals surface area (Å²) in [6.45, 7) is 8.39. The first-order valence-electron chi connectivity index (χ1n) is 11.1. The minimum Gasteiger partial charge on any atom is -0.496 e. The van der Waals surface area contributed by atoms with Crippen molar-refractivity contribution in [1.82, 2.24) is 14.7 Å². The summed E-state index contributed by atoms with van der Waals surface area (Å²) in [6.07, 6.45) is 4.72. The maximum Gasteiger partial charge on any atom is 0.257 e. The van der Waals surface area contributed by atoms with Crippen LogP contribution in [0, 0.1) is 5.92 Å². The van der Waals surface area contributed by atoms with Gasteiger partial charge in [-0.2, -0.15) is 0 Å². The molecule has 0 aromatic heterocycles. The fourth-order valence-corrected chi connectivity index (χ4v) is 4.85. The van der Waals surface area contributed by atoms with Gasteiger partial charge in [-0.1, -0.05) is 25.0 Å². The molecule has 1 aromatic rings. The van der Waals surface area contributed by atoms with Crippen molar-refractivity contribution in [1.29, 1.82) is 0 Å². The van der Waals surface area contributed by atoms with Gasteiger partial charge in [0.15, 0.2) is 0 Å².